The van der Waals surface area contributed by atoms with Crippen LogP contribution in [0.2, 0.25) is 5.02 Å². The van der Waals surface area contributed by atoms with Gasteiger partial charge >= 0.3 is 12.1 Å². The van der Waals surface area contributed by atoms with E-state index < -0.39 is 40.7 Å². The van der Waals surface area contributed by atoms with Gasteiger partial charge < -0.3 is 14.4 Å². The van der Waals surface area contributed by atoms with Gasteiger partial charge in [0.2, 0.25) is 0 Å². The molecule has 0 radical (unpaired) electrons. The van der Waals surface area contributed by atoms with Gasteiger partial charge in [-0.25, -0.2) is 13.6 Å². The molecule has 0 bridgehead atoms. The standard InChI is InChI=1S/C18H20ClF2NO5/c1-3-27-16(24)9-15(23)10-4-5-22(18(25)26-2)14(8-10)11-6-12(20)17(19)13(21)7-11/h6-7,10,14H,3-5,8-9H2,1-2H3/t10-,14-/m1/s1. The molecule has 0 saturated carbocycles. The Balaban J connectivity index is 2.27. The van der Waals surface area contributed by atoms with E-state index in [4.69, 9.17) is 21.1 Å². The van der Waals surface area contributed by atoms with Gasteiger partial charge in [0.05, 0.1) is 19.8 Å². The molecule has 0 aliphatic carbocycles. The molecule has 1 heterocycles. The van der Waals surface area contributed by atoms with Crippen molar-refractivity contribution in [3.8, 4) is 0 Å². The number of carbonyl (C=O) groups excluding carboxylic acids is 3. The molecule has 1 aromatic carbocycles. The fourth-order valence-electron chi connectivity index (χ4n) is 3.18. The number of benzene rings is 1. The number of ether oxygens (including phenoxy) is 2. The van der Waals surface area contributed by atoms with Gasteiger partial charge in [-0.15, -0.1) is 0 Å². The number of rotatable bonds is 5. The van der Waals surface area contributed by atoms with E-state index in [1.165, 1.54) is 12.0 Å². The van der Waals surface area contributed by atoms with Gasteiger partial charge in [-0.05, 0) is 37.5 Å². The first kappa shape index (κ1) is 21.1. The third kappa shape index (κ3) is 4.94. The van der Waals surface area contributed by atoms with Crippen LogP contribution in [0.25, 0.3) is 0 Å². The molecule has 1 aliphatic heterocycles. The molecule has 0 spiro atoms. The van der Waals surface area contributed by atoms with Crippen molar-refractivity contribution in [2.75, 3.05) is 20.3 Å². The molecule has 148 valence electrons. The van der Waals surface area contributed by atoms with E-state index in [0.29, 0.717) is 6.42 Å². The number of methoxy groups -OCH3 is 1. The number of hydrogen-bond donors (Lipinski definition) is 0. The smallest absolute Gasteiger partial charge is 0.409 e. The molecule has 0 unspecified atom stereocenters. The van der Waals surface area contributed by atoms with E-state index >= 15 is 0 Å². The number of Topliss-reactive ketones (excluding diaryl/α,β-unsaturated/α-hetero) is 1. The maximum atomic E-state index is 13.9. The molecule has 27 heavy (non-hydrogen) atoms. The van der Waals surface area contributed by atoms with Crippen molar-refractivity contribution < 1.29 is 32.6 Å². The minimum Gasteiger partial charge on any atom is -0.466 e. The van der Waals surface area contributed by atoms with Gasteiger partial charge in [0.25, 0.3) is 0 Å². The van der Waals surface area contributed by atoms with Crippen LogP contribution in [-0.4, -0.2) is 43.0 Å². The minimum atomic E-state index is -0.962. The van der Waals surface area contributed by atoms with E-state index in [0.717, 1.165) is 12.1 Å². The number of nitrogens with zero attached hydrogens (tertiary/aromatic N) is 1. The number of piperidine rings is 1. The molecule has 1 aromatic rings. The summed E-state index contributed by atoms with van der Waals surface area (Å²) in [5, 5.41) is -0.644. The van der Waals surface area contributed by atoms with Crippen LogP contribution in [0.4, 0.5) is 13.6 Å². The van der Waals surface area contributed by atoms with Gasteiger partial charge in [0.1, 0.15) is 28.9 Å². The van der Waals surface area contributed by atoms with E-state index in [1.807, 2.05) is 0 Å². The number of esters is 1. The molecular weight excluding hydrogens is 384 g/mol. The first-order valence-electron chi connectivity index (χ1n) is 8.45. The van der Waals surface area contributed by atoms with Crippen molar-refractivity contribution in [1.82, 2.24) is 4.90 Å². The Bertz CT molecular complexity index is 719. The average molecular weight is 404 g/mol. The first-order chi connectivity index (χ1) is 12.8. The van der Waals surface area contributed by atoms with Crippen LogP contribution in [0.15, 0.2) is 12.1 Å². The van der Waals surface area contributed by atoms with Gasteiger partial charge in [-0.2, -0.15) is 0 Å². The molecule has 1 amide bonds. The van der Waals surface area contributed by atoms with Crippen LogP contribution in [0.1, 0.15) is 37.8 Å². The predicted octanol–water partition coefficient (Wildman–Crippen LogP) is 3.66. The maximum absolute atomic E-state index is 13.9. The number of hydrogen-bond acceptors (Lipinski definition) is 5. The van der Waals surface area contributed by atoms with Crippen molar-refractivity contribution >= 4 is 29.4 Å². The van der Waals surface area contributed by atoms with Crippen LogP contribution >= 0.6 is 11.6 Å². The SMILES string of the molecule is CCOC(=O)CC(=O)[C@@H]1CCN(C(=O)OC)[C@@H](c2cc(F)c(Cl)c(F)c2)C1. The van der Waals surface area contributed by atoms with Gasteiger partial charge in [0.15, 0.2) is 0 Å². The molecule has 6 nitrogen and oxygen atoms in total. The highest BCUT2D eigenvalue weighted by atomic mass is 35.5. The Hall–Kier alpha value is -2.22. The summed E-state index contributed by atoms with van der Waals surface area (Å²) in [6.45, 7) is 1.94. The van der Waals surface area contributed by atoms with Crippen molar-refractivity contribution in [1.29, 1.82) is 0 Å². The topological polar surface area (TPSA) is 72.9 Å². The zero-order valence-electron chi connectivity index (χ0n) is 15.0. The summed E-state index contributed by atoms with van der Waals surface area (Å²) >= 11 is 5.52. The fraction of sp³-hybridized carbons (Fsp3) is 0.500. The Kier molecular flexibility index (Phi) is 7.12. The molecule has 0 N–H and O–H groups in total. The zero-order chi connectivity index (χ0) is 20.1. The lowest BCUT2D eigenvalue weighted by atomic mass is 9.84. The first-order valence-corrected chi connectivity index (χ1v) is 8.83. The Morgan fingerprint density at radius 1 is 1.26 bits per heavy atom. The lowest BCUT2D eigenvalue weighted by molar-refractivity contribution is -0.146. The second-order valence-corrected chi connectivity index (χ2v) is 6.53. The third-order valence-electron chi connectivity index (χ3n) is 4.48. The predicted molar refractivity (Wildman–Crippen MR) is 92.2 cm³/mol. The van der Waals surface area contributed by atoms with Crippen LogP contribution in [0.3, 0.4) is 0 Å². The Morgan fingerprint density at radius 2 is 1.89 bits per heavy atom. The summed E-state index contributed by atoms with van der Waals surface area (Å²) in [6, 6.07) is 1.28. The van der Waals surface area contributed by atoms with E-state index in [-0.39, 0.29) is 37.3 Å². The second kappa shape index (κ2) is 9.12. The Labute approximate surface area is 160 Å². The lowest BCUT2D eigenvalue weighted by Crippen LogP contribution is -2.43. The van der Waals surface area contributed by atoms with Crippen molar-refractivity contribution in [3.05, 3.63) is 34.4 Å². The molecule has 1 aliphatic rings. The minimum absolute atomic E-state index is 0.105. The molecule has 1 fully saturated rings. The number of amides is 1. The highest BCUT2D eigenvalue weighted by Gasteiger charge is 2.37. The van der Waals surface area contributed by atoms with Crippen molar-refractivity contribution in [3.63, 3.8) is 0 Å². The molecule has 1 saturated heterocycles. The normalized spacial score (nSPS) is 19.5. The number of carbonyl (C=O) groups is 3. The van der Waals surface area contributed by atoms with E-state index in [1.54, 1.807) is 6.92 Å². The molecular formula is C18H20ClF2NO5. The number of halogens is 3. The largest absolute Gasteiger partial charge is 0.466 e. The van der Waals surface area contributed by atoms with E-state index in [2.05, 4.69) is 0 Å². The monoisotopic (exact) mass is 403 g/mol. The van der Waals surface area contributed by atoms with Crippen molar-refractivity contribution in [2.45, 2.75) is 32.2 Å². The average Bonchev–Trinajstić information content (AvgIpc) is 2.64. The van der Waals surface area contributed by atoms with Crippen molar-refractivity contribution in [2.24, 2.45) is 5.92 Å². The molecule has 9 heteroatoms. The van der Waals surface area contributed by atoms with Gasteiger partial charge in [0, 0.05) is 12.5 Å². The molecule has 2 rings (SSSR count). The maximum Gasteiger partial charge on any atom is 0.409 e. The van der Waals surface area contributed by atoms with Gasteiger partial charge in [-0.3, -0.25) is 9.59 Å². The number of ketones is 1. The summed E-state index contributed by atoms with van der Waals surface area (Å²) < 4.78 is 37.3. The zero-order valence-corrected chi connectivity index (χ0v) is 15.7. The van der Waals surface area contributed by atoms with Crippen LogP contribution in [0, 0.1) is 17.6 Å². The molecule has 0 aromatic heterocycles. The van der Waals surface area contributed by atoms with Crippen LogP contribution in [-0.2, 0) is 19.1 Å². The summed E-state index contributed by atoms with van der Waals surface area (Å²) in [5.41, 5.74) is 0.161. The summed E-state index contributed by atoms with van der Waals surface area (Å²) in [6.07, 6.45) is -0.643. The van der Waals surface area contributed by atoms with Crippen LogP contribution in [0.5, 0.6) is 0 Å². The molecule has 2 atom stereocenters. The third-order valence-corrected chi connectivity index (χ3v) is 4.84. The summed E-state index contributed by atoms with van der Waals surface area (Å²) in [4.78, 5) is 37.3. The van der Waals surface area contributed by atoms with E-state index in [9.17, 15) is 23.2 Å². The highest BCUT2D eigenvalue weighted by Crippen LogP contribution is 2.37. The number of likely N-dealkylation sites (tertiary alicyclic amines) is 1. The highest BCUT2D eigenvalue weighted by molar-refractivity contribution is 6.30. The Morgan fingerprint density at radius 3 is 2.44 bits per heavy atom. The fourth-order valence-corrected chi connectivity index (χ4v) is 3.28. The summed E-state index contributed by atoms with van der Waals surface area (Å²) in [7, 11) is 1.19. The van der Waals surface area contributed by atoms with Gasteiger partial charge in [-0.1, -0.05) is 11.6 Å². The quantitative estimate of drug-likeness (QED) is 0.426. The second-order valence-electron chi connectivity index (χ2n) is 6.15. The lowest BCUT2D eigenvalue weighted by Gasteiger charge is -2.38. The summed E-state index contributed by atoms with van der Waals surface area (Å²) in [5.74, 6) is -3.44. The van der Waals surface area contributed by atoms with Crippen LogP contribution < -0.4 is 0 Å².